The summed E-state index contributed by atoms with van der Waals surface area (Å²) < 4.78 is 1.37. The van der Waals surface area contributed by atoms with E-state index < -0.39 is 0 Å². The number of fused-ring (bicyclic) bond motifs is 1. The standard InChI is InChI=1S/C11H16N6O2/c1-4-16(3)10(18)6-12-8-5-9-14-15-11(19)17(9)7(2)13-8/h5,12H,4,6H2,1-3H3,(H,15,19). The van der Waals surface area contributed by atoms with Gasteiger partial charge in [-0.05, 0) is 13.8 Å². The fourth-order valence-electron chi connectivity index (χ4n) is 1.67. The van der Waals surface area contributed by atoms with Gasteiger partial charge in [0.2, 0.25) is 5.91 Å². The number of aryl methyl sites for hydroxylation is 1. The molecular formula is C11H16N6O2. The van der Waals surface area contributed by atoms with E-state index in [1.165, 1.54) is 4.40 Å². The SMILES string of the molecule is CCN(C)C(=O)CNc1cc2n[nH]c(=O)n2c(C)n1. The molecule has 0 radical (unpaired) electrons. The van der Waals surface area contributed by atoms with Crippen LogP contribution in [0.4, 0.5) is 5.82 Å². The topological polar surface area (TPSA) is 95.4 Å². The number of likely N-dealkylation sites (N-methyl/N-ethyl adjacent to an activating group) is 1. The average Bonchev–Trinajstić information content (AvgIpc) is 2.77. The lowest BCUT2D eigenvalue weighted by molar-refractivity contribution is -0.127. The number of carbonyl (C=O) groups excluding carboxylic acids is 1. The summed E-state index contributed by atoms with van der Waals surface area (Å²) in [6.45, 7) is 4.42. The molecule has 2 heterocycles. The van der Waals surface area contributed by atoms with Crippen LogP contribution in [-0.4, -0.2) is 50.5 Å². The Labute approximate surface area is 109 Å². The first-order chi connectivity index (χ1) is 9.02. The van der Waals surface area contributed by atoms with Crippen LogP contribution in [0, 0.1) is 6.92 Å². The first kappa shape index (κ1) is 13.1. The number of aromatic amines is 1. The van der Waals surface area contributed by atoms with Crippen molar-refractivity contribution in [3.63, 3.8) is 0 Å². The summed E-state index contributed by atoms with van der Waals surface area (Å²) in [6, 6.07) is 1.62. The van der Waals surface area contributed by atoms with Crippen molar-refractivity contribution in [3.8, 4) is 0 Å². The van der Waals surface area contributed by atoms with Crippen molar-refractivity contribution in [3.05, 3.63) is 22.4 Å². The predicted octanol–water partition coefficient (Wildman–Crippen LogP) is -0.384. The van der Waals surface area contributed by atoms with Gasteiger partial charge < -0.3 is 10.2 Å². The van der Waals surface area contributed by atoms with Crippen molar-refractivity contribution in [1.82, 2.24) is 24.5 Å². The molecule has 2 rings (SSSR count). The zero-order valence-electron chi connectivity index (χ0n) is 11.1. The van der Waals surface area contributed by atoms with Crippen molar-refractivity contribution in [2.24, 2.45) is 0 Å². The van der Waals surface area contributed by atoms with Gasteiger partial charge in [-0.1, -0.05) is 0 Å². The minimum Gasteiger partial charge on any atom is -0.361 e. The summed E-state index contributed by atoms with van der Waals surface area (Å²) in [5, 5.41) is 9.15. The molecule has 0 aromatic carbocycles. The van der Waals surface area contributed by atoms with Crippen molar-refractivity contribution < 1.29 is 4.79 Å². The van der Waals surface area contributed by atoms with Gasteiger partial charge in [0.15, 0.2) is 5.65 Å². The molecule has 2 aromatic rings. The Morgan fingerprint density at radius 2 is 2.32 bits per heavy atom. The van der Waals surface area contributed by atoms with Gasteiger partial charge in [-0.2, -0.15) is 5.10 Å². The van der Waals surface area contributed by atoms with E-state index in [1.807, 2.05) is 6.92 Å². The molecule has 19 heavy (non-hydrogen) atoms. The van der Waals surface area contributed by atoms with Crippen molar-refractivity contribution in [2.75, 3.05) is 25.5 Å². The quantitative estimate of drug-likeness (QED) is 0.784. The molecule has 0 fully saturated rings. The van der Waals surface area contributed by atoms with Gasteiger partial charge in [0.1, 0.15) is 11.6 Å². The maximum Gasteiger partial charge on any atom is 0.349 e. The van der Waals surface area contributed by atoms with E-state index in [0.29, 0.717) is 23.8 Å². The first-order valence-corrected chi connectivity index (χ1v) is 5.95. The minimum absolute atomic E-state index is 0.0266. The zero-order valence-corrected chi connectivity index (χ0v) is 11.1. The third kappa shape index (κ3) is 2.56. The highest BCUT2D eigenvalue weighted by Crippen LogP contribution is 2.07. The van der Waals surface area contributed by atoms with Crippen molar-refractivity contribution in [2.45, 2.75) is 13.8 Å². The van der Waals surface area contributed by atoms with Crippen LogP contribution in [0.3, 0.4) is 0 Å². The fraction of sp³-hybridized carbons (Fsp3) is 0.455. The van der Waals surface area contributed by atoms with Gasteiger partial charge in [-0.25, -0.2) is 19.3 Å². The third-order valence-corrected chi connectivity index (χ3v) is 2.89. The Morgan fingerprint density at radius 3 is 3.00 bits per heavy atom. The van der Waals surface area contributed by atoms with E-state index >= 15 is 0 Å². The highest BCUT2D eigenvalue weighted by Gasteiger charge is 2.09. The molecule has 0 saturated heterocycles. The largest absolute Gasteiger partial charge is 0.361 e. The van der Waals surface area contributed by atoms with E-state index in [2.05, 4.69) is 20.5 Å². The van der Waals surface area contributed by atoms with Crippen LogP contribution < -0.4 is 11.0 Å². The molecule has 0 aliphatic rings. The van der Waals surface area contributed by atoms with Gasteiger partial charge in [0, 0.05) is 19.7 Å². The van der Waals surface area contributed by atoms with Gasteiger partial charge in [-0.15, -0.1) is 0 Å². The lowest BCUT2D eigenvalue weighted by atomic mass is 10.4. The predicted molar refractivity (Wildman–Crippen MR) is 70.1 cm³/mol. The molecule has 0 unspecified atom stereocenters. The molecule has 8 nitrogen and oxygen atoms in total. The number of rotatable bonds is 4. The first-order valence-electron chi connectivity index (χ1n) is 5.95. The highest BCUT2D eigenvalue weighted by molar-refractivity contribution is 5.80. The van der Waals surface area contributed by atoms with Crippen LogP contribution in [0.2, 0.25) is 0 Å². The second kappa shape index (κ2) is 5.09. The van der Waals surface area contributed by atoms with E-state index in [0.717, 1.165) is 0 Å². The maximum absolute atomic E-state index is 11.7. The highest BCUT2D eigenvalue weighted by atomic mass is 16.2. The summed E-state index contributed by atoms with van der Waals surface area (Å²) in [5.41, 5.74) is 0.143. The van der Waals surface area contributed by atoms with E-state index in [9.17, 15) is 9.59 Å². The van der Waals surface area contributed by atoms with Gasteiger partial charge in [0.05, 0.1) is 6.54 Å². The smallest absolute Gasteiger partial charge is 0.349 e. The van der Waals surface area contributed by atoms with Crippen LogP contribution in [0.15, 0.2) is 10.9 Å². The second-order valence-corrected chi connectivity index (χ2v) is 4.17. The monoisotopic (exact) mass is 264 g/mol. The number of nitrogens with zero attached hydrogens (tertiary/aromatic N) is 4. The van der Waals surface area contributed by atoms with Crippen LogP contribution in [0.25, 0.3) is 5.65 Å². The summed E-state index contributed by atoms with van der Waals surface area (Å²) in [7, 11) is 1.74. The summed E-state index contributed by atoms with van der Waals surface area (Å²) in [4.78, 5) is 28.9. The molecule has 0 aliphatic heterocycles. The van der Waals surface area contributed by atoms with Gasteiger partial charge >= 0.3 is 5.69 Å². The molecule has 0 spiro atoms. The zero-order chi connectivity index (χ0) is 14.0. The molecule has 102 valence electrons. The number of anilines is 1. The molecular weight excluding hydrogens is 248 g/mol. The second-order valence-electron chi connectivity index (χ2n) is 4.17. The van der Waals surface area contributed by atoms with Crippen molar-refractivity contribution in [1.29, 1.82) is 0 Å². The number of nitrogens with one attached hydrogen (secondary N) is 2. The molecule has 8 heteroatoms. The number of aromatic nitrogens is 4. The Balaban J connectivity index is 2.18. The van der Waals surface area contributed by atoms with E-state index in [4.69, 9.17) is 0 Å². The Bertz CT molecular complexity index is 659. The van der Waals surface area contributed by atoms with Gasteiger partial charge in [-0.3, -0.25) is 4.79 Å². The number of carbonyl (C=O) groups is 1. The average molecular weight is 264 g/mol. The van der Waals surface area contributed by atoms with E-state index in [-0.39, 0.29) is 18.1 Å². The van der Waals surface area contributed by atoms with Crippen LogP contribution in [0.1, 0.15) is 12.7 Å². The lowest BCUT2D eigenvalue weighted by Gasteiger charge is -2.15. The van der Waals surface area contributed by atoms with Crippen LogP contribution in [-0.2, 0) is 4.79 Å². The fourth-order valence-corrected chi connectivity index (χ4v) is 1.67. The minimum atomic E-state index is -0.326. The van der Waals surface area contributed by atoms with Crippen LogP contribution >= 0.6 is 0 Å². The van der Waals surface area contributed by atoms with Crippen molar-refractivity contribution >= 4 is 17.4 Å². The molecule has 2 N–H and O–H groups in total. The summed E-state index contributed by atoms with van der Waals surface area (Å²) in [5.74, 6) is 0.998. The lowest BCUT2D eigenvalue weighted by Crippen LogP contribution is -2.32. The molecule has 2 aromatic heterocycles. The molecule has 0 bridgehead atoms. The number of hydrogen-bond acceptors (Lipinski definition) is 5. The Hall–Kier alpha value is -2.38. The number of hydrogen-bond donors (Lipinski definition) is 2. The Kier molecular flexibility index (Phi) is 3.50. The molecule has 0 atom stereocenters. The number of H-pyrrole nitrogens is 1. The summed E-state index contributed by atoms with van der Waals surface area (Å²) >= 11 is 0. The number of amides is 1. The summed E-state index contributed by atoms with van der Waals surface area (Å²) in [6.07, 6.45) is 0. The van der Waals surface area contributed by atoms with Crippen LogP contribution in [0.5, 0.6) is 0 Å². The molecule has 0 saturated carbocycles. The normalized spacial score (nSPS) is 10.7. The molecule has 0 aliphatic carbocycles. The maximum atomic E-state index is 11.7. The van der Waals surface area contributed by atoms with Gasteiger partial charge in [0.25, 0.3) is 0 Å². The third-order valence-electron chi connectivity index (χ3n) is 2.89. The van der Waals surface area contributed by atoms with E-state index in [1.54, 1.807) is 24.9 Å². The Morgan fingerprint density at radius 1 is 1.58 bits per heavy atom. The molecule has 1 amide bonds.